The number of carboxylic acid groups (broad SMARTS) is 1. The monoisotopic (exact) mass is 266 g/mol. The molecule has 0 spiro atoms. The molecule has 6 heteroatoms. The van der Waals surface area contributed by atoms with Crippen LogP contribution in [0.4, 0.5) is 0 Å². The number of aliphatic hydroxyl groups is 1. The summed E-state index contributed by atoms with van der Waals surface area (Å²) < 4.78 is 0. The van der Waals surface area contributed by atoms with Crippen LogP contribution in [0.25, 0.3) is 0 Å². The van der Waals surface area contributed by atoms with Crippen LogP contribution in [0, 0.1) is 0 Å². The third-order valence-corrected chi connectivity index (χ3v) is 2.83. The number of aliphatic carboxylic acids is 1. The summed E-state index contributed by atoms with van der Waals surface area (Å²) in [7, 11) is 0. The fraction of sp³-hybridized carbons (Fsp3) is 0.385. The minimum absolute atomic E-state index is 0.0912. The topological polar surface area (TPSA) is 113 Å². The Hall–Kier alpha value is -1.92. The molecule has 1 amide bonds. The molecular weight excluding hydrogens is 248 g/mol. The Bertz CT molecular complexity index is 436. The van der Waals surface area contributed by atoms with Crippen LogP contribution >= 0.6 is 0 Å². The molecule has 5 N–H and O–H groups in total. The largest absolute Gasteiger partial charge is 0.480 e. The molecule has 0 radical (unpaired) electrons. The van der Waals surface area contributed by atoms with Gasteiger partial charge < -0.3 is 21.3 Å². The first-order chi connectivity index (χ1) is 8.99. The predicted octanol–water partition coefficient (Wildman–Crippen LogP) is -0.0290. The summed E-state index contributed by atoms with van der Waals surface area (Å²) in [5.74, 6) is -1.47. The zero-order valence-electron chi connectivity index (χ0n) is 10.5. The van der Waals surface area contributed by atoms with E-state index in [1.54, 1.807) is 24.3 Å². The number of carbonyl (C=O) groups is 2. The quantitative estimate of drug-likeness (QED) is 0.518. The molecule has 1 rings (SSSR count). The number of nitrogens with one attached hydrogen (secondary N) is 1. The van der Waals surface area contributed by atoms with Gasteiger partial charge in [0, 0.05) is 12.1 Å². The van der Waals surface area contributed by atoms with Crippen molar-refractivity contribution in [1.82, 2.24) is 5.32 Å². The summed E-state index contributed by atoms with van der Waals surface area (Å²) in [5, 5.41) is 20.5. The summed E-state index contributed by atoms with van der Waals surface area (Å²) >= 11 is 0. The molecule has 1 atom stereocenters. The van der Waals surface area contributed by atoms with Crippen molar-refractivity contribution in [2.45, 2.75) is 18.4 Å². The van der Waals surface area contributed by atoms with Crippen LogP contribution in [0.5, 0.6) is 0 Å². The van der Waals surface area contributed by atoms with E-state index >= 15 is 0 Å². The second-order valence-electron chi connectivity index (χ2n) is 4.34. The number of benzene rings is 1. The van der Waals surface area contributed by atoms with E-state index < -0.39 is 18.1 Å². The second kappa shape index (κ2) is 6.86. The lowest BCUT2D eigenvalue weighted by atomic mass is 9.96. The fourth-order valence-electron chi connectivity index (χ4n) is 1.55. The molecule has 0 saturated carbocycles. The number of carbonyl (C=O) groups excluding carboxylic acids is 1. The van der Waals surface area contributed by atoms with E-state index in [-0.39, 0.29) is 12.3 Å². The highest BCUT2D eigenvalue weighted by molar-refractivity contribution is 5.94. The van der Waals surface area contributed by atoms with E-state index in [4.69, 9.17) is 15.9 Å². The van der Waals surface area contributed by atoms with Gasteiger partial charge in [0.05, 0.1) is 6.61 Å². The Morgan fingerprint density at radius 3 is 2.42 bits per heavy atom. The van der Waals surface area contributed by atoms with Gasteiger partial charge in [0.1, 0.15) is 5.54 Å². The number of hydrogen-bond acceptors (Lipinski definition) is 4. The predicted molar refractivity (Wildman–Crippen MR) is 69.6 cm³/mol. The molecule has 0 unspecified atom stereocenters. The molecular formula is C13H18N2O4. The smallest absolute Gasteiger partial charge is 0.326 e. The third-order valence-electron chi connectivity index (χ3n) is 2.83. The Morgan fingerprint density at radius 2 is 1.89 bits per heavy atom. The van der Waals surface area contributed by atoms with Gasteiger partial charge in [-0.2, -0.15) is 0 Å². The van der Waals surface area contributed by atoms with Crippen molar-refractivity contribution >= 4 is 11.9 Å². The molecule has 0 saturated heterocycles. The first kappa shape index (κ1) is 15.1. The lowest BCUT2D eigenvalue weighted by Crippen LogP contribution is -2.51. The van der Waals surface area contributed by atoms with Crippen molar-refractivity contribution in [2.75, 3.05) is 13.2 Å². The Kier molecular flexibility index (Phi) is 5.47. The first-order valence-corrected chi connectivity index (χ1v) is 5.96. The number of amides is 1. The molecule has 1 aromatic rings. The summed E-state index contributed by atoms with van der Waals surface area (Å²) in [6.07, 6.45) is 0.468. The molecule has 104 valence electrons. The SMILES string of the molecule is N[C@@](CO)(CCCNC(=O)c1ccccc1)C(=O)O. The number of aliphatic hydroxyl groups excluding tert-OH is 1. The standard InChI is InChI=1S/C13H18N2O4/c14-13(9-16,12(18)19)7-4-8-15-11(17)10-5-2-1-3-6-10/h1-3,5-6,16H,4,7-9,14H2,(H,15,17)(H,18,19)/t13-/m1/s1. The maximum Gasteiger partial charge on any atom is 0.326 e. The normalized spacial score (nSPS) is 13.6. The van der Waals surface area contributed by atoms with E-state index in [9.17, 15) is 9.59 Å². The second-order valence-corrected chi connectivity index (χ2v) is 4.34. The van der Waals surface area contributed by atoms with Crippen molar-refractivity contribution in [3.05, 3.63) is 35.9 Å². The lowest BCUT2D eigenvalue weighted by Gasteiger charge is -2.21. The Labute approximate surface area is 111 Å². The fourth-order valence-corrected chi connectivity index (χ4v) is 1.55. The minimum Gasteiger partial charge on any atom is -0.480 e. The average Bonchev–Trinajstić information content (AvgIpc) is 2.43. The summed E-state index contributed by atoms with van der Waals surface area (Å²) in [6, 6.07) is 8.71. The first-order valence-electron chi connectivity index (χ1n) is 5.96. The number of carboxylic acids is 1. The van der Waals surface area contributed by atoms with E-state index in [0.717, 1.165) is 0 Å². The molecule has 0 bridgehead atoms. The molecule has 0 aromatic heterocycles. The number of nitrogens with two attached hydrogens (primary N) is 1. The van der Waals surface area contributed by atoms with Crippen LogP contribution in [0.3, 0.4) is 0 Å². The zero-order chi connectivity index (χ0) is 14.3. The zero-order valence-corrected chi connectivity index (χ0v) is 10.5. The van der Waals surface area contributed by atoms with Crippen molar-refractivity contribution in [1.29, 1.82) is 0 Å². The highest BCUT2D eigenvalue weighted by Gasteiger charge is 2.32. The molecule has 0 heterocycles. The van der Waals surface area contributed by atoms with Crippen LogP contribution in [0.15, 0.2) is 30.3 Å². The van der Waals surface area contributed by atoms with Crippen LogP contribution in [0.2, 0.25) is 0 Å². The van der Waals surface area contributed by atoms with Gasteiger partial charge in [-0.1, -0.05) is 18.2 Å². The highest BCUT2D eigenvalue weighted by Crippen LogP contribution is 2.09. The average molecular weight is 266 g/mol. The van der Waals surface area contributed by atoms with Crippen molar-refractivity contribution < 1.29 is 19.8 Å². The van der Waals surface area contributed by atoms with Gasteiger partial charge in [0.25, 0.3) is 5.91 Å². The van der Waals surface area contributed by atoms with Gasteiger partial charge in [-0.05, 0) is 25.0 Å². The van der Waals surface area contributed by atoms with E-state index in [2.05, 4.69) is 5.32 Å². The van der Waals surface area contributed by atoms with Gasteiger partial charge in [-0.25, -0.2) is 0 Å². The van der Waals surface area contributed by atoms with Crippen molar-refractivity contribution in [2.24, 2.45) is 5.73 Å². The summed E-state index contributed by atoms with van der Waals surface area (Å²) in [5.41, 5.74) is 4.41. The number of hydrogen-bond donors (Lipinski definition) is 4. The van der Waals surface area contributed by atoms with E-state index in [0.29, 0.717) is 18.5 Å². The molecule has 0 fully saturated rings. The Morgan fingerprint density at radius 1 is 1.26 bits per heavy atom. The van der Waals surface area contributed by atoms with Gasteiger partial charge in [0.15, 0.2) is 0 Å². The Balaban J connectivity index is 2.35. The van der Waals surface area contributed by atoms with Gasteiger partial charge in [-0.15, -0.1) is 0 Å². The molecule has 0 aliphatic heterocycles. The molecule has 0 aliphatic carbocycles. The summed E-state index contributed by atoms with van der Waals surface area (Å²) in [4.78, 5) is 22.5. The van der Waals surface area contributed by atoms with Crippen LogP contribution < -0.4 is 11.1 Å². The number of rotatable bonds is 7. The lowest BCUT2D eigenvalue weighted by molar-refractivity contribution is -0.145. The van der Waals surface area contributed by atoms with Crippen LogP contribution in [-0.4, -0.2) is 40.8 Å². The van der Waals surface area contributed by atoms with Crippen LogP contribution in [0.1, 0.15) is 23.2 Å². The van der Waals surface area contributed by atoms with Crippen molar-refractivity contribution in [3.63, 3.8) is 0 Å². The van der Waals surface area contributed by atoms with E-state index in [1.165, 1.54) is 0 Å². The maximum atomic E-state index is 11.7. The maximum absolute atomic E-state index is 11.7. The third kappa shape index (κ3) is 4.35. The van der Waals surface area contributed by atoms with Gasteiger partial charge in [0.2, 0.25) is 0 Å². The molecule has 6 nitrogen and oxygen atoms in total. The van der Waals surface area contributed by atoms with Gasteiger partial charge >= 0.3 is 5.97 Å². The summed E-state index contributed by atoms with van der Waals surface area (Å²) in [6.45, 7) is -0.324. The van der Waals surface area contributed by atoms with E-state index in [1.807, 2.05) is 6.07 Å². The van der Waals surface area contributed by atoms with Crippen molar-refractivity contribution in [3.8, 4) is 0 Å². The highest BCUT2D eigenvalue weighted by atomic mass is 16.4. The molecule has 19 heavy (non-hydrogen) atoms. The van der Waals surface area contributed by atoms with Gasteiger partial charge in [-0.3, -0.25) is 9.59 Å². The molecule has 0 aliphatic rings. The molecule has 1 aromatic carbocycles. The van der Waals surface area contributed by atoms with Crippen LogP contribution in [-0.2, 0) is 4.79 Å². The minimum atomic E-state index is -1.64.